The summed E-state index contributed by atoms with van der Waals surface area (Å²) in [6.07, 6.45) is 1.93. The Kier molecular flexibility index (Phi) is 2.33. The number of phenolic OH excluding ortho intramolecular Hbond substituents is 1. The van der Waals surface area contributed by atoms with Gasteiger partial charge in [-0.05, 0) is 43.5 Å². The van der Waals surface area contributed by atoms with Gasteiger partial charge in [-0.2, -0.15) is 0 Å². The molecule has 14 heavy (non-hydrogen) atoms. The number of hydrogen-bond donors (Lipinski definition) is 3. The fraction of sp³-hybridized carbons (Fsp3) is 0.455. The topological polar surface area (TPSA) is 58.3 Å². The second-order valence-electron chi connectivity index (χ2n) is 4.10. The van der Waals surface area contributed by atoms with Gasteiger partial charge in [0.2, 0.25) is 0 Å². The van der Waals surface area contributed by atoms with Gasteiger partial charge in [0.25, 0.3) is 0 Å². The van der Waals surface area contributed by atoms with Crippen LogP contribution in [0.5, 0.6) is 5.75 Å². The zero-order valence-corrected chi connectivity index (χ0v) is 8.33. The third kappa shape index (κ3) is 1.82. The summed E-state index contributed by atoms with van der Waals surface area (Å²) in [6, 6.07) is 6.09. The summed E-state index contributed by atoms with van der Waals surface area (Å²) < 4.78 is 0. The van der Waals surface area contributed by atoms with Gasteiger partial charge in [0, 0.05) is 17.8 Å². The number of rotatable bonds is 2. The number of fused-ring (bicyclic) bond motifs is 1. The minimum absolute atomic E-state index is 0.218. The zero-order valence-electron chi connectivity index (χ0n) is 8.33. The molecule has 1 aromatic carbocycles. The van der Waals surface area contributed by atoms with Gasteiger partial charge in [0.15, 0.2) is 0 Å². The lowest BCUT2D eigenvalue weighted by molar-refractivity contribution is 0.474. The maximum Gasteiger partial charge on any atom is 0.116 e. The van der Waals surface area contributed by atoms with Crippen LogP contribution in [0.2, 0.25) is 0 Å². The molecule has 2 atom stereocenters. The average Bonchev–Trinajstić information content (AvgIpc) is 2.44. The van der Waals surface area contributed by atoms with E-state index in [1.807, 2.05) is 19.1 Å². The molecule has 4 N–H and O–H groups in total. The number of nitrogens with one attached hydrogen (secondary N) is 1. The van der Waals surface area contributed by atoms with Crippen molar-refractivity contribution in [2.75, 3.05) is 5.32 Å². The van der Waals surface area contributed by atoms with E-state index < -0.39 is 0 Å². The van der Waals surface area contributed by atoms with Crippen LogP contribution in [-0.4, -0.2) is 17.2 Å². The SMILES string of the molecule is CC(N)CC1Cc2cc(O)ccc2N1. The molecule has 0 saturated heterocycles. The van der Waals surface area contributed by atoms with Gasteiger partial charge in [-0.1, -0.05) is 0 Å². The van der Waals surface area contributed by atoms with E-state index in [4.69, 9.17) is 5.73 Å². The molecule has 1 aliphatic rings. The first-order valence-electron chi connectivity index (χ1n) is 4.99. The van der Waals surface area contributed by atoms with Crippen molar-refractivity contribution in [3.05, 3.63) is 23.8 Å². The first kappa shape index (κ1) is 9.34. The van der Waals surface area contributed by atoms with Crippen LogP contribution in [0.1, 0.15) is 18.9 Å². The van der Waals surface area contributed by atoms with Gasteiger partial charge < -0.3 is 16.2 Å². The van der Waals surface area contributed by atoms with Crippen LogP contribution in [0, 0.1) is 0 Å². The van der Waals surface area contributed by atoms with Crippen LogP contribution in [0.15, 0.2) is 18.2 Å². The predicted molar refractivity (Wildman–Crippen MR) is 57.5 cm³/mol. The standard InChI is InChI=1S/C11H16N2O/c1-7(12)4-9-5-8-6-10(14)2-3-11(8)13-9/h2-3,6-7,9,13-14H,4-5,12H2,1H3. The quantitative estimate of drug-likeness (QED) is 0.622. The van der Waals surface area contributed by atoms with Gasteiger partial charge in [0.05, 0.1) is 0 Å². The van der Waals surface area contributed by atoms with Crippen molar-refractivity contribution in [3.8, 4) is 5.75 Å². The molecular formula is C11H16N2O. The monoisotopic (exact) mass is 192 g/mol. The zero-order chi connectivity index (χ0) is 10.1. The van der Waals surface area contributed by atoms with Gasteiger partial charge in [-0.25, -0.2) is 0 Å². The van der Waals surface area contributed by atoms with E-state index in [9.17, 15) is 5.11 Å². The second kappa shape index (κ2) is 3.50. The number of aromatic hydroxyl groups is 1. The molecule has 0 bridgehead atoms. The Hall–Kier alpha value is -1.22. The predicted octanol–water partition coefficient (Wildman–Crippen LogP) is 1.47. The highest BCUT2D eigenvalue weighted by atomic mass is 16.3. The molecule has 0 aliphatic carbocycles. The number of benzene rings is 1. The number of hydrogen-bond acceptors (Lipinski definition) is 3. The van der Waals surface area contributed by atoms with Crippen molar-refractivity contribution in [1.82, 2.24) is 0 Å². The minimum Gasteiger partial charge on any atom is -0.508 e. The smallest absolute Gasteiger partial charge is 0.116 e. The molecule has 1 aromatic rings. The normalized spacial score (nSPS) is 21.4. The summed E-state index contributed by atoms with van der Waals surface area (Å²) in [4.78, 5) is 0. The third-order valence-electron chi connectivity index (χ3n) is 2.57. The van der Waals surface area contributed by atoms with E-state index in [-0.39, 0.29) is 6.04 Å². The lowest BCUT2D eigenvalue weighted by atomic mass is 10.0. The summed E-state index contributed by atoms with van der Waals surface area (Å²) in [5.74, 6) is 0.340. The molecule has 1 heterocycles. The first-order valence-corrected chi connectivity index (χ1v) is 4.99. The van der Waals surface area contributed by atoms with Crippen LogP contribution in [-0.2, 0) is 6.42 Å². The largest absolute Gasteiger partial charge is 0.508 e. The van der Waals surface area contributed by atoms with Gasteiger partial charge >= 0.3 is 0 Å². The van der Waals surface area contributed by atoms with Crippen LogP contribution >= 0.6 is 0 Å². The number of phenols is 1. The summed E-state index contributed by atoms with van der Waals surface area (Å²) >= 11 is 0. The van der Waals surface area contributed by atoms with E-state index >= 15 is 0 Å². The molecule has 0 fully saturated rings. The lowest BCUT2D eigenvalue weighted by Crippen LogP contribution is -2.26. The van der Waals surface area contributed by atoms with Crippen molar-refractivity contribution in [2.24, 2.45) is 5.73 Å². The summed E-state index contributed by atoms with van der Waals surface area (Å²) in [5, 5.41) is 12.7. The summed E-state index contributed by atoms with van der Waals surface area (Å²) in [6.45, 7) is 2.02. The molecule has 1 aliphatic heterocycles. The molecular weight excluding hydrogens is 176 g/mol. The number of anilines is 1. The highest BCUT2D eigenvalue weighted by Gasteiger charge is 2.21. The number of nitrogens with two attached hydrogens (primary N) is 1. The van der Waals surface area contributed by atoms with Crippen LogP contribution < -0.4 is 11.1 Å². The molecule has 0 saturated carbocycles. The highest BCUT2D eigenvalue weighted by Crippen LogP contribution is 2.30. The molecule has 0 spiro atoms. The molecule has 2 unspecified atom stereocenters. The highest BCUT2D eigenvalue weighted by molar-refractivity contribution is 5.58. The molecule has 0 aromatic heterocycles. The van der Waals surface area contributed by atoms with Crippen LogP contribution in [0.4, 0.5) is 5.69 Å². The molecule has 2 rings (SSSR count). The third-order valence-corrected chi connectivity index (χ3v) is 2.57. The van der Waals surface area contributed by atoms with E-state index in [2.05, 4.69) is 5.32 Å². The molecule has 0 amide bonds. The molecule has 76 valence electrons. The van der Waals surface area contributed by atoms with Crippen molar-refractivity contribution in [3.63, 3.8) is 0 Å². The lowest BCUT2D eigenvalue weighted by Gasteiger charge is -2.13. The Morgan fingerprint density at radius 1 is 1.64 bits per heavy atom. The Labute approximate surface area is 83.9 Å². The van der Waals surface area contributed by atoms with Crippen molar-refractivity contribution in [2.45, 2.75) is 31.8 Å². The Bertz CT molecular complexity index is 336. The maximum atomic E-state index is 9.31. The fourth-order valence-corrected chi connectivity index (χ4v) is 2.02. The Balaban J connectivity index is 2.10. The van der Waals surface area contributed by atoms with Crippen molar-refractivity contribution in [1.29, 1.82) is 0 Å². The molecule has 3 heteroatoms. The molecule has 3 nitrogen and oxygen atoms in total. The van der Waals surface area contributed by atoms with E-state index in [0.717, 1.165) is 18.5 Å². The van der Waals surface area contributed by atoms with Crippen LogP contribution in [0.3, 0.4) is 0 Å². The van der Waals surface area contributed by atoms with Gasteiger partial charge in [-0.3, -0.25) is 0 Å². The van der Waals surface area contributed by atoms with Crippen molar-refractivity contribution < 1.29 is 5.11 Å². The fourth-order valence-electron chi connectivity index (χ4n) is 2.02. The Morgan fingerprint density at radius 2 is 2.43 bits per heavy atom. The molecule has 0 radical (unpaired) electrons. The maximum absolute atomic E-state index is 9.31. The van der Waals surface area contributed by atoms with Gasteiger partial charge in [-0.15, -0.1) is 0 Å². The summed E-state index contributed by atoms with van der Waals surface area (Å²) in [7, 11) is 0. The van der Waals surface area contributed by atoms with Crippen LogP contribution in [0.25, 0.3) is 0 Å². The van der Waals surface area contributed by atoms with E-state index in [1.54, 1.807) is 6.07 Å². The first-order chi connectivity index (χ1) is 6.65. The van der Waals surface area contributed by atoms with Crippen molar-refractivity contribution >= 4 is 5.69 Å². The average molecular weight is 192 g/mol. The minimum atomic E-state index is 0.218. The second-order valence-corrected chi connectivity index (χ2v) is 4.10. The Morgan fingerprint density at radius 3 is 3.14 bits per heavy atom. The van der Waals surface area contributed by atoms with E-state index in [0.29, 0.717) is 11.8 Å². The van der Waals surface area contributed by atoms with E-state index in [1.165, 1.54) is 5.56 Å². The summed E-state index contributed by atoms with van der Waals surface area (Å²) in [5.41, 5.74) is 8.07. The van der Waals surface area contributed by atoms with Gasteiger partial charge in [0.1, 0.15) is 5.75 Å².